The molecule has 0 aliphatic rings. The minimum Gasteiger partial charge on any atom is -0.463 e. The molecule has 2 aromatic carbocycles. The summed E-state index contributed by atoms with van der Waals surface area (Å²) >= 11 is 6.63. The average Bonchev–Trinajstić information content (AvgIpc) is 2.99. The molecule has 13 heteroatoms. The van der Waals surface area contributed by atoms with Gasteiger partial charge >= 0.3 is 11.9 Å². The number of hydrogen-bond acceptors (Lipinski definition) is 11. The highest BCUT2D eigenvalue weighted by molar-refractivity contribution is 7.96. The second-order valence-electron chi connectivity index (χ2n) is 11.2. The fraction of sp³-hybridized carbons (Fsp3) is 0.529. The van der Waals surface area contributed by atoms with Crippen molar-refractivity contribution in [2.75, 3.05) is 67.1 Å². The first-order valence-corrected chi connectivity index (χ1v) is 17.4. The highest BCUT2D eigenvalue weighted by atomic mass is 35.5. The van der Waals surface area contributed by atoms with Gasteiger partial charge in [0.25, 0.3) is 0 Å². The minimum atomic E-state index is -5.17. The number of esters is 2. The molecule has 0 radical (unpaired) electrons. The Kier molecular flexibility index (Phi) is 16.4. The maximum atomic E-state index is 15.5. The van der Waals surface area contributed by atoms with Gasteiger partial charge in [-0.15, -0.1) is 11.6 Å². The Morgan fingerprint density at radius 1 is 0.596 bits per heavy atom. The Bertz CT molecular complexity index is 1350. The first kappa shape index (κ1) is 40.3. The molecule has 0 amide bonds. The molecule has 2 atom stereocenters. The van der Waals surface area contributed by atoms with Crippen LogP contribution < -0.4 is 0 Å². The maximum Gasteiger partial charge on any atom is 0.325 e. The van der Waals surface area contributed by atoms with Crippen molar-refractivity contribution in [2.45, 2.75) is 52.6 Å². The molecule has 0 aliphatic heterocycles. The van der Waals surface area contributed by atoms with Gasteiger partial charge in [-0.3, -0.25) is 19.2 Å². The van der Waals surface area contributed by atoms with Crippen molar-refractivity contribution in [3.63, 3.8) is 0 Å². The van der Waals surface area contributed by atoms with Crippen LogP contribution in [-0.4, -0.2) is 101 Å². The monoisotopic (exact) mass is 696 g/mol. The number of aryl methyl sites for hydroxylation is 6. The van der Waals surface area contributed by atoms with Gasteiger partial charge in [0.1, 0.15) is 13.2 Å². The zero-order chi connectivity index (χ0) is 35.3. The average molecular weight is 697 g/mol. The van der Waals surface area contributed by atoms with Crippen molar-refractivity contribution in [3.05, 3.63) is 68.8 Å². The fourth-order valence-electron chi connectivity index (χ4n) is 5.35. The van der Waals surface area contributed by atoms with E-state index in [1.165, 1.54) is 14.2 Å². The zero-order valence-electron chi connectivity index (χ0n) is 28.4. The highest BCUT2D eigenvalue weighted by Crippen LogP contribution is 2.59. The second kappa shape index (κ2) is 19.2. The van der Waals surface area contributed by atoms with Crippen LogP contribution in [0.5, 0.6) is 0 Å². The number of alkyl halides is 1. The summed E-state index contributed by atoms with van der Waals surface area (Å²) in [5.74, 6) is -2.45. The number of carbonyl (C=O) groups excluding carboxylic acids is 4. The van der Waals surface area contributed by atoms with Crippen molar-refractivity contribution >= 4 is 41.7 Å². The minimum absolute atomic E-state index is 0.000762. The van der Waals surface area contributed by atoms with E-state index in [9.17, 15) is 19.2 Å². The van der Waals surface area contributed by atoms with Crippen molar-refractivity contribution in [3.8, 4) is 0 Å². The van der Waals surface area contributed by atoms with E-state index in [1.807, 2.05) is 13.8 Å². The normalized spacial score (nSPS) is 12.8. The molecule has 0 saturated carbocycles. The van der Waals surface area contributed by atoms with Crippen LogP contribution in [0, 0.1) is 41.5 Å². The lowest BCUT2D eigenvalue weighted by Gasteiger charge is -2.28. The molecule has 260 valence electrons. The van der Waals surface area contributed by atoms with Gasteiger partial charge in [0.15, 0.2) is 11.0 Å². The van der Waals surface area contributed by atoms with Crippen molar-refractivity contribution in [1.29, 1.82) is 0 Å². The van der Waals surface area contributed by atoms with Crippen molar-refractivity contribution < 1.29 is 52.2 Å². The predicted octanol–water partition coefficient (Wildman–Crippen LogP) is 5.27. The largest absolute Gasteiger partial charge is 0.463 e. The van der Waals surface area contributed by atoms with E-state index in [1.54, 1.807) is 52.0 Å². The molecule has 0 saturated heterocycles. The first-order chi connectivity index (χ1) is 22.2. The molecule has 2 aromatic rings. The van der Waals surface area contributed by atoms with E-state index in [2.05, 4.69) is 0 Å². The molecule has 0 heterocycles. The molecule has 0 spiro atoms. The third kappa shape index (κ3) is 10.5. The molecule has 0 aromatic heterocycles. The second-order valence-corrected chi connectivity index (χ2v) is 14.4. The van der Waals surface area contributed by atoms with E-state index < -0.39 is 41.2 Å². The third-order valence-corrected chi connectivity index (χ3v) is 10.9. The standard InChI is InChI=1S/C34H46ClO11P/c1-21-17-23(3)27(24(4)18-21)33(38)47(40,34(39)28-25(5)19-22(2)20-26(28)6)30(32(37)46-16-14-44-12-10-42-8)29(35)31(36)45-15-13-43-11-9-41-7/h17-20,29-30H,9-16H2,1-8H3. The summed E-state index contributed by atoms with van der Waals surface area (Å²) in [5, 5.41) is -2.04. The summed E-state index contributed by atoms with van der Waals surface area (Å²) in [6.45, 7) is 10.6. The Hall–Kier alpha value is -2.92. The van der Waals surface area contributed by atoms with E-state index in [0.29, 0.717) is 35.5 Å². The molecule has 47 heavy (non-hydrogen) atoms. The molecule has 0 aliphatic carbocycles. The summed E-state index contributed by atoms with van der Waals surface area (Å²) in [4.78, 5) is 56.5. The number of hydrogen-bond donors (Lipinski definition) is 0. The molecular formula is C34H46ClO11P. The van der Waals surface area contributed by atoms with Gasteiger partial charge in [-0.1, -0.05) is 35.4 Å². The number of carbonyl (C=O) groups is 4. The van der Waals surface area contributed by atoms with E-state index in [0.717, 1.165) is 11.1 Å². The molecule has 0 fully saturated rings. The van der Waals surface area contributed by atoms with Gasteiger partial charge in [-0.2, -0.15) is 0 Å². The van der Waals surface area contributed by atoms with Crippen molar-refractivity contribution in [1.82, 2.24) is 0 Å². The first-order valence-electron chi connectivity index (χ1n) is 15.2. The maximum absolute atomic E-state index is 15.5. The SMILES string of the molecule is COCCOCCOC(=O)C(Cl)C(C(=O)OCCOCCOC)P(=O)(C(=O)c1c(C)cc(C)cc1C)C(=O)c1c(C)cc(C)cc1C. The van der Waals surface area contributed by atoms with Crippen LogP contribution in [-0.2, 0) is 42.6 Å². The number of rotatable bonds is 20. The zero-order valence-corrected chi connectivity index (χ0v) is 30.1. The number of ether oxygens (including phenoxy) is 6. The van der Waals surface area contributed by atoms with Crippen LogP contribution in [0.1, 0.15) is 54.1 Å². The third-order valence-electron chi connectivity index (χ3n) is 7.33. The van der Waals surface area contributed by atoms with Gasteiger partial charge < -0.3 is 33.0 Å². The van der Waals surface area contributed by atoms with Gasteiger partial charge in [0.2, 0.25) is 18.2 Å². The van der Waals surface area contributed by atoms with E-state index >= 15 is 4.57 Å². The lowest BCUT2D eigenvalue weighted by Crippen LogP contribution is -2.42. The van der Waals surface area contributed by atoms with Gasteiger partial charge in [0.05, 0.1) is 39.6 Å². The Labute approximate surface area is 281 Å². The van der Waals surface area contributed by atoms with Gasteiger partial charge in [-0.05, 0) is 63.8 Å². The lowest BCUT2D eigenvalue weighted by molar-refractivity contribution is -0.151. The molecule has 2 unspecified atom stereocenters. The van der Waals surface area contributed by atoms with Gasteiger partial charge in [-0.25, -0.2) is 0 Å². The van der Waals surface area contributed by atoms with Crippen LogP contribution >= 0.6 is 18.7 Å². The summed E-state index contributed by atoms with van der Waals surface area (Å²) in [6.07, 6.45) is 0. The van der Waals surface area contributed by atoms with Gasteiger partial charge in [0, 0.05) is 25.3 Å². The van der Waals surface area contributed by atoms with Crippen LogP contribution in [0.25, 0.3) is 0 Å². The lowest BCUT2D eigenvalue weighted by atomic mass is 10.0. The number of halogens is 1. The Balaban J connectivity index is 2.71. The highest BCUT2D eigenvalue weighted by Gasteiger charge is 2.57. The van der Waals surface area contributed by atoms with Crippen LogP contribution in [0.3, 0.4) is 0 Å². The Morgan fingerprint density at radius 2 is 0.936 bits per heavy atom. The summed E-state index contributed by atoms with van der Waals surface area (Å²) < 4.78 is 46.7. The molecule has 11 nitrogen and oxygen atoms in total. The molecule has 0 bridgehead atoms. The predicted molar refractivity (Wildman–Crippen MR) is 178 cm³/mol. The Morgan fingerprint density at radius 3 is 1.30 bits per heavy atom. The van der Waals surface area contributed by atoms with E-state index in [4.69, 9.17) is 40.0 Å². The number of methoxy groups -OCH3 is 2. The molecular weight excluding hydrogens is 651 g/mol. The number of benzene rings is 2. The smallest absolute Gasteiger partial charge is 0.325 e. The topological polar surface area (TPSA) is 141 Å². The quantitative estimate of drug-likeness (QED) is 0.0774. The fourth-order valence-corrected chi connectivity index (χ4v) is 8.91. The summed E-state index contributed by atoms with van der Waals surface area (Å²) in [5.41, 5.74) is -0.983. The van der Waals surface area contributed by atoms with Crippen LogP contribution in [0.15, 0.2) is 24.3 Å². The van der Waals surface area contributed by atoms with Crippen molar-refractivity contribution in [2.24, 2.45) is 0 Å². The summed E-state index contributed by atoms with van der Waals surface area (Å²) in [7, 11) is -2.17. The molecule has 2 rings (SSSR count). The summed E-state index contributed by atoms with van der Waals surface area (Å²) in [6, 6.07) is 6.83. The molecule has 0 N–H and O–H groups in total. The van der Waals surface area contributed by atoms with E-state index in [-0.39, 0.29) is 50.8 Å². The van der Waals surface area contributed by atoms with Crippen LogP contribution in [0.4, 0.5) is 0 Å². The van der Waals surface area contributed by atoms with Crippen LogP contribution in [0.2, 0.25) is 0 Å².